The number of aromatic amines is 1. The molecule has 1 N–H and O–H groups in total. The standard InChI is InChI=1S/C14H10BrFN2/c1-8-4-9(2-3-17-8)13-6-10-5-11(15)12(16)7-14(10)18-13/h2-7,18H,1H3. The first-order valence-corrected chi connectivity index (χ1v) is 6.33. The van der Waals surface area contributed by atoms with Crippen LogP contribution in [0.1, 0.15) is 5.69 Å². The summed E-state index contributed by atoms with van der Waals surface area (Å²) in [6, 6.07) is 9.21. The Bertz CT molecular complexity index is 695. The molecule has 2 heterocycles. The SMILES string of the molecule is Cc1cc(-c2cc3cc(Br)c(F)cc3[nH]2)ccn1. The lowest BCUT2D eigenvalue weighted by atomic mass is 10.1. The van der Waals surface area contributed by atoms with E-state index in [0.717, 1.165) is 27.9 Å². The molecular formula is C14H10BrFN2. The Labute approximate surface area is 112 Å². The van der Waals surface area contributed by atoms with Crippen molar-refractivity contribution in [2.24, 2.45) is 0 Å². The van der Waals surface area contributed by atoms with Crippen LogP contribution in [0.15, 0.2) is 41.0 Å². The molecule has 0 fully saturated rings. The minimum Gasteiger partial charge on any atom is -0.354 e. The van der Waals surface area contributed by atoms with Gasteiger partial charge in [0, 0.05) is 34.1 Å². The zero-order valence-corrected chi connectivity index (χ0v) is 11.3. The van der Waals surface area contributed by atoms with E-state index in [9.17, 15) is 4.39 Å². The summed E-state index contributed by atoms with van der Waals surface area (Å²) < 4.78 is 13.9. The van der Waals surface area contributed by atoms with Gasteiger partial charge in [-0.1, -0.05) is 0 Å². The number of aryl methyl sites for hydroxylation is 1. The molecule has 4 heteroatoms. The highest BCUT2D eigenvalue weighted by Crippen LogP contribution is 2.28. The molecule has 0 amide bonds. The van der Waals surface area contributed by atoms with Gasteiger partial charge in [-0.3, -0.25) is 4.98 Å². The molecule has 0 bridgehead atoms. The van der Waals surface area contributed by atoms with Crippen molar-refractivity contribution in [1.29, 1.82) is 0 Å². The lowest BCUT2D eigenvalue weighted by molar-refractivity contribution is 0.623. The number of rotatable bonds is 1. The second-order valence-electron chi connectivity index (χ2n) is 4.22. The molecule has 0 radical (unpaired) electrons. The molecule has 0 unspecified atom stereocenters. The Balaban J connectivity index is 2.19. The van der Waals surface area contributed by atoms with Crippen LogP contribution in [0, 0.1) is 12.7 Å². The number of nitrogens with one attached hydrogen (secondary N) is 1. The largest absolute Gasteiger partial charge is 0.354 e. The van der Waals surface area contributed by atoms with E-state index in [1.165, 1.54) is 6.07 Å². The van der Waals surface area contributed by atoms with Gasteiger partial charge in [0.1, 0.15) is 5.82 Å². The predicted molar refractivity (Wildman–Crippen MR) is 73.9 cm³/mol. The molecule has 0 saturated heterocycles. The van der Waals surface area contributed by atoms with Gasteiger partial charge in [0.15, 0.2) is 0 Å². The Morgan fingerprint density at radius 1 is 1.22 bits per heavy atom. The summed E-state index contributed by atoms with van der Waals surface area (Å²) in [6.45, 7) is 1.95. The highest BCUT2D eigenvalue weighted by atomic mass is 79.9. The fourth-order valence-electron chi connectivity index (χ4n) is 2.00. The second-order valence-corrected chi connectivity index (χ2v) is 5.08. The maximum atomic E-state index is 13.4. The van der Waals surface area contributed by atoms with Crippen LogP contribution in [-0.4, -0.2) is 9.97 Å². The first-order chi connectivity index (χ1) is 8.63. The van der Waals surface area contributed by atoms with Crippen LogP contribution in [0.2, 0.25) is 0 Å². The van der Waals surface area contributed by atoms with Crippen molar-refractivity contribution < 1.29 is 4.39 Å². The fraction of sp³-hybridized carbons (Fsp3) is 0.0714. The number of fused-ring (bicyclic) bond motifs is 1. The van der Waals surface area contributed by atoms with Crippen LogP contribution >= 0.6 is 15.9 Å². The maximum Gasteiger partial charge on any atom is 0.139 e. The third-order valence-corrected chi connectivity index (χ3v) is 3.48. The van der Waals surface area contributed by atoms with E-state index in [1.54, 1.807) is 12.3 Å². The van der Waals surface area contributed by atoms with Gasteiger partial charge in [0.2, 0.25) is 0 Å². The van der Waals surface area contributed by atoms with Crippen molar-refractivity contribution in [3.8, 4) is 11.3 Å². The monoisotopic (exact) mass is 304 g/mol. The zero-order chi connectivity index (χ0) is 12.7. The second kappa shape index (κ2) is 4.21. The van der Waals surface area contributed by atoms with E-state index in [4.69, 9.17) is 0 Å². The smallest absolute Gasteiger partial charge is 0.139 e. The van der Waals surface area contributed by atoms with E-state index in [0.29, 0.717) is 4.47 Å². The molecule has 90 valence electrons. The summed E-state index contributed by atoms with van der Waals surface area (Å²) in [5, 5.41) is 0.979. The average molecular weight is 305 g/mol. The van der Waals surface area contributed by atoms with Gasteiger partial charge in [0.25, 0.3) is 0 Å². The minimum absolute atomic E-state index is 0.262. The quantitative estimate of drug-likeness (QED) is 0.707. The van der Waals surface area contributed by atoms with Gasteiger partial charge >= 0.3 is 0 Å². The van der Waals surface area contributed by atoms with Crippen LogP contribution in [0.3, 0.4) is 0 Å². The molecule has 2 nitrogen and oxygen atoms in total. The highest BCUT2D eigenvalue weighted by Gasteiger charge is 2.07. The maximum absolute atomic E-state index is 13.4. The van der Waals surface area contributed by atoms with E-state index >= 15 is 0 Å². The highest BCUT2D eigenvalue weighted by molar-refractivity contribution is 9.10. The molecule has 0 aliphatic rings. The van der Waals surface area contributed by atoms with Crippen LogP contribution in [0.25, 0.3) is 22.2 Å². The molecule has 2 aromatic heterocycles. The normalized spacial score (nSPS) is 11.1. The number of aromatic nitrogens is 2. The molecule has 0 aliphatic heterocycles. The third kappa shape index (κ3) is 1.93. The summed E-state index contributed by atoms with van der Waals surface area (Å²) in [5.74, 6) is -0.262. The third-order valence-electron chi connectivity index (χ3n) is 2.87. The number of pyridine rings is 1. The van der Waals surface area contributed by atoms with Gasteiger partial charge in [-0.2, -0.15) is 0 Å². The van der Waals surface area contributed by atoms with Crippen molar-refractivity contribution >= 4 is 26.8 Å². The molecule has 3 aromatic rings. The first-order valence-electron chi connectivity index (χ1n) is 5.54. The Morgan fingerprint density at radius 3 is 2.83 bits per heavy atom. The lowest BCUT2D eigenvalue weighted by Crippen LogP contribution is -1.82. The molecule has 18 heavy (non-hydrogen) atoms. The number of hydrogen-bond donors (Lipinski definition) is 1. The van der Waals surface area contributed by atoms with E-state index < -0.39 is 0 Å². The Morgan fingerprint density at radius 2 is 2.06 bits per heavy atom. The summed E-state index contributed by atoms with van der Waals surface area (Å²) in [5.41, 5.74) is 3.77. The Kier molecular flexibility index (Phi) is 2.67. The van der Waals surface area contributed by atoms with E-state index in [2.05, 4.69) is 25.9 Å². The molecular weight excluding hydrogens is 295 g/mol. The number of hydrogen-bond acceptors (Lipinski definition) is 1. The molecule has 0 atom stereocenters. The lowest BCUT2D eigenvalue weighted by Gasteiger charge is -1.98. The molecule has 0 saturated carbocycles. The number of H-pyrrole nitrogens is 1. The van der Waals surface area contributed by atoms with E-state index in [1.807, 2.05) is 25.1 Å². The summed E-state index contributed by atoms with van der Waals surface area (Å²) in [6.07, 6.45) is 1.77. The van der Waals surface area contributed by atoms with Crippen LogP contribution < -0.4 is 0 Å². The number of benzene rings is 1. The van der Waals surface area contributed by atoms with Crippen LogP contribution in [-0.2, 0) is 0 Å². The topological polar surface area (TPSA) is 28.7 Å². The summed E-state index contributed by atoms with van der Waals surface area (Å²) in [7, 11) is 0. The average Bonchev–Trinajstić information content (AvgIpc) is 2.73. The van der Waals surface area contributed by atoms with Gasteiger partial charge in [-0.25, -0.2) is 4.39 Å². The Hall–Kier alpha value is -1.68. The summed E-state index contributed by atoms with van der Waals surface area (Å²) >= 11 is 3.19. The molecule has 3 rings (SSSR count). The first kappa shape index (κ1) is 11.4. The van der Waals surface area contributed by atoms with Gasteiger partial charge in [0.05, 0.1) is 4.47 Å². The van der Waals surface area contributed by atoms with Crippen molar-refractivity contribution in [3.05, 3.63) is 52.5 Å². The van der Waals surface area contributed by atoms with E-state index in [-0.39, 0.29) is 5.82 Å². The van der Waals surface area contributed by atoms with Crippen molar-refractivity contribution in [3.63, 3.8) is 0 Å². The molecule has 1 aromatic carbocycles. The van der Waals surface area contributed by atoms with Crippen molar-refractivity contribution in [2.45, 2.75) is 6.92 Å². The van der Waals surface area contributed by atoms with Gasteiger partial charge < -0.3 is 4.98 Å². The van der Waals surface area contributed by atoms with Gasteiger partial charge in [-0.05, 0) is 53.2 Å². The van der Waals surface area contributed by atoms with Crippen molar-refractivity contribution in [2.75, 3.05) is 0 Å². The van der Waals surface area contributed by atoms with Crippen molar-refractivity contribution in [1.82, 2.24) is 9.97 Å². The number of nitrogens with zero attached hydrogens (tertiary/aromatic N) is 1. The number of halogens is 2. The fourth-order valence-corrected chi connectivity index (χ4v) is 2.36. The van der Waals surface area contributed by atoms with Crippen LogP contribution in [0.4, 0.5) is 4.39 Å². The van der Waals surface area contributed by atoms with Gasteiger partial charge in [-0.15, -0.1) is 0 Å². The summed E-state index contributed by atoms with van der Waals surface area (Å²) in [4.78, 5) is 7.38. The minimum atomic E-state index is -0.262. The van der Waals surface area contributed by atoms with Crippen LogP contribution in [0.5, 0.6) is 0 Å². The predicted octanol–water partition coefficient (Wildman–Crippen LogP) is 4.44. The zero-order valence-electron chi connectivity index (χ0n) is 9.67. The molecule has 0 aliphatic carbocycles. The molecule has 0 spiro atoms.